The number of H-pyrrole nitrogens is 2. The van der Waals surface area contributed by atoms with E-state index in [1.54, 1.807) is 17.4 Å². The number of thiophene rings is 1. The number of nitrogens with zero attached hydrogens (tertiary/aromatic N) is 4. The number of hydrogen-bond acceptors (Lipinski definition) is 6. The van der Waals surface area contributed by atoms with Crippen LogP contribution in [0.4, 0.5) is 0 Å². The minimum absolute atomic E-state index is 0.675. The molecule has 170 valence electrons. The van der Waals surface area contributed by atoms with E-state index in [2.05, 4.69) is 56.5 Å². The van der Waals surface area contributed by atoms with E-state index in [0.29, 0.717) is 11.5 Å². The monoisotopic (exact) mass is 467 g/mol. The van der Waals surface area contributed by atoms with Gasteiger partial charge in [-0.2, -0.15) is 5.10 Å². The Balaban J connectivity index is 1.55. The summed E-state index contributed by atoms with van der Waals surface area (Å²) >= 11 is 1.67. The molecule has 3 N–H and O–H groups in total. The number of pyridine rings is 2. The zero-order chi connectivity index (χ0) is 23.5. The summed E-state index contributed by atoms with van der Waals surface area (Å²) in [6, 6.07) is 10.2. The van der Waals surface area contributed by atoms with E-state index in [1.807, 2.05) is 43.6 Å². The maximum atomic E-state index is 4.93. The highest BCUT2D eigenvalue weighted by Crippen LogP contribution is 2.32. The number of hydrogen-bond donors (Lipinski definition) is 3. The van der Waals surface area contributed by atoms with Gasteiger partial charge in [0.1, 0.15) is 5.52 Å². The van der Waals surface area contributed by atoms with Crippen LogP contribution in [0, 0.1) is 6.92 Å². The Kier molecular flexibility index (Phi) is 6.16. The van der Waals surface area contributed by atoms with E-state index in [9.17, 15) is 0 Å². The molecule has 0 unspecified atom stereocenters. The number of imidazole rings is 1. The third-order valence-corrected chi connectivity index (χ3v) is 6.42. The zero-order valence-corrected chi connectivity index (χ0v) is 19.9. The van der Waals surface area contributed by atoms with Crippen LogP contribution in [0.3, 0.4) is 0 Å². The second kappa shape index (κ2) is 9.54. The predicted octanol–water partition coefficient (Wildman–Crippen LogP) is 5.51. The Morgan fingerprint density at radius 1 is 1.21 bits per heavy atom. The van der Waals surface area contributed by atoms with Crippen LogP contribution < -0.4 is 5.32 Å². The van der Waals surface area contributed by atoms with Crippen molar-refractivity contribution in [2.75, 3.05) is 6.54 Å². The van der Waals surface area contributed by atoms with Gasteiger partial charge >= 0.3 is 0 Å². The van der Waals surface area contributed by atoms with Crippen molar-refractivity contribution in [2.24, 2.45) is 0 Å². The summed E-state index contributed by atoms with van der Waals surface area (Å²) in [5, 5.41) is 13.0. The predicted molar refractivity (Wildman–Crippen MR) is 138 cm³/mol. The van der Waals surface area contributed by atoms with Crippen molar-refractivity contribution in [1.82, 2.24) is 35.5 Å². The molecule has 0 amide bonds. The Morgan fingerprint density at radius 3 is 2.91 bits per heavy atom. The molecule has 7 nitrogen and oxygen atoms in total. The van der Waals surface area contributed by atoms with Crippen molar-refractivity contribution in [3.63, 3.8) is 0 Å². The standard InChI is InChI=1S/C26H25N7S/c1-4-7-19(22-8-6-11-34-22)23-16(3)29-26(31-23)25-24-21(32-33-25)10-9-20(30-24)18-12-17(13-27-5-2)14-28-15-18/h4,6-12,14-15,27H,1,5,13H2,2-3H3,(H,29,31)(H,32,33)/b19-7-. The molecule has 8 heteroatoms. The largest absolute Gasteiger partial charge is 0.340 e. The molecule has 0 spiro atoms. The molecule has 5 aromatic heterocycles. The second-order valence-corrected chi connectivity index (χ2v) is 8.83. The van der Waals surface area contributed by atoms with Crippen molar-refractivity contribution in [3.8, 4) is 22.8 Å². The fourth-order valence-corrected chi connectivity index (χ4v) is 4.63. The maximum absolute atomic E-state index is 4.93. The SMILES string of the molecule is C=C/C=C(/c1cccs1)c1nc(-c2n[nH]c3ccc(-c4cncc(CNCC)c4)nc23)[nH]c1C. The molecule has 5 heterocycles. The Hall–Kier alpha value is -3.88. The highest BCUT2D eigenvalue weighted by molar-refractivity contribution is 7.11. The average molecular weight is 468 g/mol. The molecule has 0 radical (unpaired) electrons. The van der Waals surface area contributed by atoms with Crippen molar-refractivity contribution in [3.05, 3.63) is 88.7 Å². The normalized spacial score (nSPS) is 11.9. The fourth-order valence-electron chi connectivity index (χ4n) is 3.88. The first-order chi connectivity index (χ1) is 16.7. The molecule has 0 bridgehead atoms. The van der Waals surface area contributed by atoms with E-state index in [-0.39, 0.29) is 0 Å². The van der Waals surface area contributed by atoms with Crippen molar-refractivity contribution in [2.45, 2.75) is 20.4 Å². The van der Waals surface area contributed by atoms with Crippen LogP contribution in [-0.4, -0.2) is 36.7 Å². The molecule has 0 aromatic carbocycles. The van der Waals surface area contributed by atoms with Crippen LogP contribution in [0.15, 0.2) is 66.8 Å². The molecule has 0 aliphatic carbocycles. The van der Waals surface area contributed by atoms with E-state index in [1.165, 1.54) is 0 Å². The summed E-state index contributed by atoms with van der Waals surface area (Å²) in [5.41, 5.74) is 8.11. The smallest absolute Gasteiger partial charge is 0.161 e. The molecular formula is C26H25N7S. The van der Waals surface area contributed by atoms with Gasteiger partial charge in [0.05, 0.1) is 16.9 Å². The number of fused-ring (bicyclic) bond motifs is 1. The van der Waals surface area contributed by atoms with Gasteiger partial charge in [-0.15, -0.1) is 11.3 Å². The molecule has 0 fully saturated rings. The maximum Gasteiger partial charge on any atom is 0.161 e. The Labute approximate surface area is 201 Å². The average Bonchev–Trinajstić information content (AvgIpc) is 3.61. The molecule has 0 saturated carbocycles. The summed E-state index contributed by atoms with van der Waals surface area (Å²) in [4.78, 5) is 18.8. The first-order valence-corrected chi connectivity index (χ1v) is 12.0. The van der Waals surface area contributed by atoms with Crippen molar-refractivity contribution < 1.29 is 0 Å². The molecule has 0 atom stereocenters. The molecular weight excluding hydrogens is 442 g/mol. The van der Waals surface area contributed by atoms with E-state index >= 15 is 0 Å². The minimum atomic E-state index is 0.675. The van der Waals surface area contributed by atoms with E-state index < -0.39 is 0 Å². The van der Waals surface area contributed by atoms with Crippen LogP contribution in [0.25, 0.3) is 39.4 Å². The van der Waals surface area contributed by atoms with Gasteiger partial charge in [0.25, 0.3) is 0 Å². The quantitative estimate of drug-likeness (QED) is 0.262. The van der Waals surface area contributed by atoms with Gasteiger partial charge in [0.15, 0.2) is 11.5 Å². The molecule has 34 heavy (non-hydrogen) atoms. The van der Waals surface area contributed by atoms with Gasteiger partial charge in [0, 0.05) is 40.6 Å². The number of aromatic amines is 2. The van der Waals surface area contributed by atoms with Crippen molar-refractivity contribution in [1.29, 1.82) is 0 Å². The molecule has 0 aliphatic rings. The fraction of sp³-hybridized carbons (Fsp3) is 0.154. The van der Waals surface area contributed by atoms with Gasteiger partial charge < -0.3 is 10.3 Å². The van der Waals surface area contributed by atoms with Gasteiger partial charge in [-0.05, 0) is 48.7 Å². The van der Waals surface area contributed by atoms with E-state index in [4.69, 9.17) is 9.97 Å². The minimum Gasteiger partial charge on any atom is -0.340 e. The lowest BCUT2D eigenvalue weighted by Gasteiger charge is -2.05. The Morgan fingerprint density at radius 2 is 2.12 bits per heavy atom. The lowest BCUT2D eigenvalue weighted by atomic mass is 10.1. The van der Waals surface area contributed by atoms with Crippen LogP contribution in [-0.2, 0) is 6.54 Å². The second-order valence-electron chi connectivity index (χ2n) is 7.88. The number of aryl methyl sites for hydroxylation is 1. The van der Waals surface area contributed by atoms with Gasteiger partial charge in [-0.25, -0.2) is 9.97 Å². The third kappa shape index (κ3) is 4.21. The molecule has 5 aromatic rings. The number of aromatic nitrogens is 6. The zero-order valence-electron chi connectivity index (χ0n) is 19.1. The van der Waals surface area contributed by atoms with Crippen LogP contribution in [0.5, 0.6) is 0 Å². The topological polar surface area (TPSA) is 95.2 Å². The van der Waals surface area contributed by atoms with Crippen LogP contribution >= 0.6 is 11.3 Å². The summed E-state index contributed by atoms with van der Waals surface area (Å²) in [5.74, 6) is 0.675. The number of allylic oxidation sites excluding steroid dienone is 2. The lowest BCUT2D eigenvalue weighted by molar-refractivity contribution is 0.724. The summed E-state index contributed by atoms with van der Waals surface area (Å²) < 4.78 is 0. The van der Waals surface area contributed by atoms with Crippen LogP contribution in [0.1, 0.15) is 28.8 Å². The lowest BCUT2D eigenvalue weighted by Crippen LogP contribution is -2.11. The van der Waals surface area contributed by atoms with Crippen LogP contribution in [0.2, 0.25) is 0 Å². The van der Waals surface area contributed by atoms with Crippen molar-refractivity contribution >= 4 is 27.9 Å². The van der Waals surface area contributed by atoms with Gasteiger partial charge in [-0.1, -0.05) is 31.7 Å². The first kappa shape index (κ1) is 21.9. The van der Waals surface area contributed by atoms with Gasteiger partial charge in [0.2, 0.25) is 0 Å². The highest BCUT2D eigenvalue weighted by atomic mass is 32.1. The Bertz CT molecular complexity index is 1470. The molecule has 0 saturated heterocycles. The number of nitrogens with one attached hydrogen (secondary N) is 3. The highest BCUT2D eigenvalue weighted by Gasteiger charge is 2.19. The summed E-state index contributed by atoms with van der Waals surface area (Å²) in [6.07, 6.45) is 7.50. The molecule has 5 rings (SSSR count). The summed E-state index contributed by atoms with van der Waals surface area (Å²) in [6.45, 7) is 9.67. The van der Waals surface area contributed by atoms with E-state index in [0.717, 1.165) is 62.8 Å². The summed E-state index contributed by atoms with van der Waals surface area (Å²) in [7, 11) is 0. The van der Waals surface area contributed by atoms with Gasteiger partial charge in [-0.3, -0.25) is 10.1 Å². The number of rotatable bonds is 8. The third-order valence-electron chi connectivity index (χ3n) is 5.51. The first-order valence-electron chi connectivity index (χ1n) is 11.1. The molecule has 0 aliphatic heterocycles.